The van der Waals surface area contributed by atoms with Crippen LogP contribution in [0.4, 0.5) is 4.79 Å². The van der Waals surface area contributed by atoms with Crippen molar-refractivity contribution in [1.29, 1.82) is 0 Å². The summed E-state index contributed by atoms with van der Waals surface area (Å²) in [5.41, 5.74) is 0. The number of carbonyl (C=O) groups is 1. The monoisotopic (exact) mass is 296 g/mol. The number of nitrogens with one attached hydrogen (secondary N) is 1. The third-order valence-corrected chi connectivity index (χ3v) is 4.82. The average molecular weight is 296 g/mol. The number of amides is 2. The van der Waals surface area contributed by atoms with E-state index >= 15 is 0 Å². The van der Waals surface area contributed by atoms with Crippen molar-refractivity contribution in [3.8, 4) is 0 Å². The number of morpholine rings is 1. The molecule has 1 aliphatic carbocycles. The first-order chi connectivity index (χ1) is 10.1. The Kier molecular flexibility index (Phi) is 6.34. The Morgan fingerprint density at radius 3 is 2.90 bits per heavy atom. The summed E-state index contributed by atoms with van der Waals surface area (Å²) in [6.07, 6.45) is 6.22. The third-order valence-electron chi connectivity index (χ3n) is 4.82. The van der Waals surface area contributed by atoms with Crippen LogP contribution in [0.2, 0.25) is 0 Å². The molecule has 1 saturated heterocycles. The molecule has 122 valence electrons. The molecule has 1 aliphatic heterocycles. The van der Waals surface area contributed by atoms with Gasteiger partial charge >= 0.3 is 6.03 Å². The summed E-state index contributed by atoms with van der Waals surface area (Å²) < 4.78 is 5.55. The van der Waals surface area contributed by atoms with Gasteiger partial charge in [0.05, 0.1) is 19.3 Å². The van der Waals surface area contributed by atoms with Crippen LogP contribution in [0.3, 0.4) is 0 Å². The summed E-state index contributed by atoms with van der Waals surface area (Å²) >= 11 is 0. The van der Waals surface area contributed by atoms with Crippen LogP contribution in [0.25, 0.3) is 0 Å². The third kappa shape index (κ3) is 5.17. The minimum absolute atomic E-state index is 0.113. The van der Waals surface area contributed by atoms with Gasteiger partial charge < -0.3 is 15.0 Å². The molecule has 4 heteroatoms. The summed E-state index contributed by atoms with van der Waals surface area (Å²) in [6.45, 7) is 9.66. The summed E-state index contributed by atoms with van der Waals surface area (Å²) in [5.74, 6) is 2.08. The fraction of sp³-hybridized carbons (Fsp3) is 0.941. The molecule has 0 radical (unpaired) electrons. The number of nitrogens with zero attached hydrogens (tertiary/aromatic N) is 1. The Balaban J connectivity index is 1.80. The topological polar surface area (TPSA) is 41.6 Å². The molecule has 3 atom stereocenters. The van der Waals surface area contributed by atoms with Gasteiger partial charge in [0, 0.05) is 13.1 Å². The minimum atomic E-state index is 0.113. The molecule has 2 fully saturated rings. The molecule has 2 aliphatic rings. The van der Waals surface area contributed by atoms with E-state index in [1.54, 1.807) is 0 Å². The van der Waals surface area contributed by atoms with Gasteiger partial charge in [-0.05, 0) is 37.0 Å². The predicted octanol–water partition coefficient (Wildman–Crippen LogP) is 3.27. The molecule has 0 aromatic carbocycles. The van der Waals surface area contributed by atoms with Gasteiger partial charge in [-0.3, -0.25) is 0 Å². The highest BCUT2D eigenvalue weighted by molar-refractivity contribution is 5.74. The van der Waals surface area contributed by atoms with Crippen LogP contribution in [0, 0.1) is 17.8 Å². The maximum Gasteiger partial charge on any atom is 0.317 e. The first kappa shape index (κ1) is 16.6. The lowest BCUT2D eigenvalue weighted by Crippen LogP contribution is -2.53. The van der Waals surface area contributed by atoms with E-state index in [1.165, 1.54) is 25.7 Å². The van der Waals surface area contributed by atoms with Crippen molar-refractivity contribution in [2.24, 2.45) is 17.8 Å². The van der Waals surface area contributed by atoms with Gasteiger partial charge in [-0.15, -0.1) is 0 Å². The van der Waals surface area contributed by atoms with Gasteiger partial charge in [0.15, 0.2) is 0 Å². The lowest BCUT2D eigenvalue weighted by molar-refractivity contribution is 0.00530. The standard InChI is InChI=1S/C17H32N2O2/c1-13(2)9-16-12-21-8-7-19(16)17(20)18-11-15-6-4-5-14(3)10-15/h13-16H,4-12H2,1-3H3,(H,18,20)/t14-,15-,16+/m0/s1. The summed E-state index contributed by atoms with van der Waals surface area (Å²) in [6, 6.07) is 0.353. The zero-order valence-electron chi connectivity index (χ0n) is 13.9. The molecule has 0 aromatic heterocycles. The van der Waals surface area contributed by atoms with E-state index in [0.717, 1.165) is 25.4 Å². The molecule has 0 aromatic rings. The largest absolute Gasteiger partial charge is 0.377 e. The smallest absolute Gasteiger partial charge is 0.317 e. The van der Waals surface area contributed by atoms with Crippen molar-refractivity contribution >= 4 is 6.03 Å². The highest BCUT2D eigenvalue weighted by Gasteiger charge is 2.28. The van der Waals surface area contributed by atoms with E-state index in [9.17, 15) is 4.79 Å². The van der Waals surface area contributed by atoms with Crippen molar-refractivity contribution in [2.45, 2.75) is 58.9 Å². The number of ether oxygens (including phenoxy) is 1. The SMILES string of the molecule is CC(C)C[C@@H]1COCCN1C(=O)NC[C@H]1CCC[C@H](C)C1. The highest BCUT2D eigenvalue weighted by atomic mass is 16.5. The highest BCUT2D eigenvalue weighted by Crippen LogP contribution is 2.28. The van der Waals surface area contributed by atoms with Crippen LogP contribution in [0.15, 0.2) is 0 Å². The number of urea groups is 1. The molecule has 0 spiro atoms. The second kappa shape index (κ2) is 8.02. The summed E-state index contributed by atoms with van der Waals surface area (Å²) in [4.78, 5) is 14.5. The molecule has 2 rings (SSSR count). The van der Waals surface area contributed by atoms with Gasteiger partial charge in [0.2, 0.25) is 0 Å². The Bertz CT molecular complexity index is 333. The Morgan fingerprint density at radius 2 is 2.19 bits per heavy atom. The van der Waals surface area contributed by atoms with Crippen LogP contribution in [0.1, 0.15) is 52.9 Å². The van der Waals surface area contributed by atoms with Gasteiger partial charge in [0.25, 0.3) is 0 Å². The van der Waals surface area contributed by atoms with Crippen molar-refractivity contribution in [2.75, 3.05) is 26.3 Å². The van der Waals surface area contributed by atoms with E-state index in [2.05, 4.69) is 26.1 Å². The summed E-state index contributed by atoms with van der Waals surface area (Å²) in [7, 11) is 0. The zero-order valence-corrected chi connectivity index (χ0v) is 13.9. The summed E-state index contributed by atoms with van der Waals surface area (Å²) in [5, 5.41) is 3.18. The Labute approximate surface area is 129 Å². The molecule has 1 saturated carbocycles. The van der Waals surface area contributed by atoms with E-state index in [0.29, 0.717) is 25.0 Å². The molecular formula is C17H32N2O2. The second-order valence-electron chi connectivity index (χ2n) is 7.38. The quantitative estimate of drug-likeness (QED) is 0.865. The van der Waals surface area contributed by atoms with Gasteiger partial charge in [-0.2, -0.15) is 0 Å². The Hall–Kier alpha value is -0.770. The van der Waals surface area contributed by atoms with E-state index in [-0.39, 0.29) is 12.1 Å². The van der Waals surface area contributed by atoms with Crippen LogP contribution < -0.4 is 5.32 Å². The number of hydrogen-bond acceptors (Lipinski definition) is 2. The normalized spacial score (nSPS) is 30.5. The second-order valence-corrected chi connectivity index (χ2v) is 7.38. The van der Waals surface area contributed by atoms with Gasteiger partial charge in [-0.1, -0.05) is 33.6 Å². The minimum Gasteiger partial charge on any atom is -0.377 e. The lowest BCUT2D eigenvalue weighted by atomic mass is 9.82. The van der Waals surface area contributed by atoms with E-state index in [1.807, 2.05) is 4.90 Å². The van der Waals surface area contributed by atoms with Gasteiger partial charge in [-0.25, -0.2) is 4.79 Å². The fourth-order valence-corrected chi connectivity index (χ4v) is 3.74. The molecule has 2 amide bonds. The molecule has 1 heterocycles. The first-order valence-corrected chi connectivity index (χ1v) is 8.68. The molecule has 0 unspecified atom stereocenters. The average Bonchev–Trinajstić information content (AvgIpc) is 2.45. The molecule has 1 N–H and O–H groups in total. The van der Waals surface area contributed by atoms with Crippen LogP contribution in [-0.2, 0) is 4.74 Å². The van der Waals surface area contributed by atoms with Crippen molar-refractivity contribution in [3.63, 3.8) is 0 Å². The maximum absolute atomic E-state index is 12.5. The number of rotatable bonds is 4. The van der Waals surface area contributed by atoms with E-state index in [4.69, 9.17) is 4.74 Å². The van der Waals surface area contributed by atoms with Crippen LogP contribution in [-0.4, -0.2) is 43.3 Å². The van der Waals surface area contributed by atoms with Gasteiger partial charge in [0.1, 0.15) is 0 Å². The molecule has 0 bridgehead atoms. The van der Waals surface area contributed by atoms with Crippen LogP contribution >= 0.6 is 0 Å². The maximum atomic E-state index is 12.5. The van der Waals surface area contributed by atoms with Crippen molar-refractivity contribution in [3.05, 3.63) is 0 Å². The number of hydrogen-bond donors (Lipinski definition) is 1. The first-order valence-electron chi connectivity index (χ1n) is 8.68. The molecule has 21 heavy (non-hydrogen) atoms. The van der Waals surface area contributed by atoms with Crippen molar-refractivity contribution in [1.82, 2.24) is 10.2 Å². The lowest BCUT2D eigenvalue weighted by Gasteiger charge is -2.37. The molecule has 4 nitrogen and oxygen atoms in total. The van der Waals surface area contributed by atoms with Crippen molar-refractivity contribution < 1.29 is 9.53 Å². The zero-order chi connectivity index (χ0) is 15.2. The Morgan fingerprint density at radius 1 is 1.38 bits per heavy atom. The predicted molar refractivity (Wildman–Crippen MR) is 85.3 cm³/mol. The molecular weight excluding hydrogens is 264 g/mol. The fourth-order valence-electron chi connectivity index (χ4n) is 3.74. The van der Waals surface area contributed by atoms with Crippen LogP contribution in [0.5, 0.6) is 0 Å². The van der Waals surface area contributed by atoms with E-state index < -0.39 is 0 Å². The number of carbonyl (C=O) groups excluding carboxylic acids is 1.